The summed E-state index contributed by atoms with van der Waals surface area (Å²) in [5, 5.41) is 12.7. The lowest BCUT2D eigenvalue weighted by molar-refractivity contribution is 0.0209. The van der Waals surface area contributed by atoms with Gasteiger partial charge in [0.25, 0.3) is 0 Å². The van der Waals surface area contributed by atoms with Crippen molar-refractivity contribution in [2.24, 2.45) is 0 Å². The molecule has 0 radical (unpaired) electrons. The summed E-state index contributed by atoms with van der Waals surface area (Å²) in [7, 11) is -4.09. The number of hydrogen-bond acceptors (Lipinski definition) is 12. The van der Waals surface area contributed by atoms with Crippen LogP contribution in [0, 0.1) is 23.0 Å². The van der Waals surface area contributed by atoms with Crippen LogP contribution in [-0.2, 0) is 37.3 Å². The number of anilines is 2. The normalized spacial score (nSPS) is 18.6. The molecule has 17 heteroatoms. The summed E-state index contributed by atoms with van der Waals surface area (Å²) < 4.78 is 78.0. The zero-order valence-electron chi connectivity index (χ0n) is 30.9. The molecular formula is C37H40F2N6O7S2. The van der Waals surface area contributed by atoms with Gasteiger partial charge in [-0.15, -0.1) is 11.3 Å². The molecule has 1 N–H and O–H groups in total. The molecule has 4 aromatic rings. The predicted octanol–water partition coefficient (Wildman–Crippen LogP) is 7.42. The average molecular weight is 783 g/mol. The number of fused-ring (bicyclic) bond motifs is 6. The van der Waals surface area contributed by atoms with Gasteiger partial charge < -0.3 is 24.0 Å². The third-order valence-electron chi connectivity index (χ3n) is 9.58. The van der Waals surface area contributed by atoms with Gasteiger partial charge >= 0.3 is 12.2 Å². The van der Waals surface area contributed by atoms with E-state index in [0.29, 0.717) is 28.7 Å². The molecule has 2 fully saturated rings. The van der Waals surface area contributed by atoms with Crippen molar-refractivity contribution in [1.82, 2.24) is 14.9 Å². The van der Waals surface area contributed by atoms with Gasteiger partial charge in [-0.2, -0.15) is 5.26 Å². The van der Waals surface area contributed by atoms with E-state index in [1.54, 1.807) is 46.4 Å². The largest absolute Gasteiger partial charge is 0.444 e. The van der Waals surface area contributed by atoms with Gasteiger partial charge in [0.15, 0.2) is 5.82 Å². The molecule has 2 bridgehead atoms. The van der Waals surface area contributed by atoms with E-state index in [2.05, 4.69) is 15.3 Å². The van der Waals surface area contributed by atoms with E-state index in [9.17, 15) is 23.3 Å². The number of aromatic nitrogens is 2. The number of sulfone groups is 1. The van der Waals surface area contributed by atoms with Crippen molar-refractivity contribution in [3.8, 4) is 17.2 Å². The second-order valence-corrected chi connectivity index (χ2v) is 18.8. The number of nitrogens with zero attached hydrogens (tertiary/aromatic N) is 5. The standard InChI is InChI=1S/C37H40F2N6O7S2/c1-8-54(48,49)33-41-30-27(31(42-33)45-18-9-10-19(45)15-44(14-18)35(47)52-37(5,6)7)22-17-50-16-21(22)26(29(30)39)28-23(38)11-12-24-25(28)20(13-40)32(53-24)43-34(46)51-36(2,3)4/h11-12,18-19H,8-10,14-17H2,1-7H3,(H,43,46). The van der Waals surface area contributed by atoms with Crippen LogP contribution >= 0.6 is 11.3 Å². The number of carbonyl (C=O) groups is 2. The topological polar surface area (TPSA) is 164 Å². The third kappa shape index (κ3) is 6.58. The Morgan fingerprint density at radius 2 is 1.65 bits per heavy atom. The van der Waals surface area contributed by atoms with Crippen LogP contribution in [-0.4, -0.2) is 77.6 Å². The molecule has 286 valence electrons. The molecule has 2 unspecified atom stereocenters. The minimum absolute atomic E-state index is 0.0274. The molecule has 54 heavy (non-hydrogen) atoms. The Hall–Kier alpha value is -4.66. The monoisotopic (exact) mass is 782 g/mol. The number of ether oxygens (including phenoxy) is 3. The van der Waals surface area contributed by atoms with Crippen molar-refractivity contribution < 1.29 is 41.0 Å². The first-order valence-electron chi connectivity index (χ1n) is 17.6. The molecule has 7 rings (SSSR count). The number of thiophene rings is 1. The first-order chi connectivity index (χ1) is 25.3. The van der Waals surface area contributed by atoms with Crippen molar-refractivity contribution in [2.45, 2.75) is 103 Å². The summed E-state index contributed by atoms with van der Waals surface area (Å²) in [6.07, 6.45) is 0.0317. The van der Waals surface area contributed by atoms with Crippen LogP contribution in [0.1, 0.15) is 78.0 Å². The average Bonchev–Trinajstić information content (AvgIpc) is 3.76. The zero-order chi connectivity index (χ0) is 39.1. The first kappa shape index (κ1) is 37.6. The van der Waals surface area contributed by atoms with E-state index in [4.69, 9.17) is 14.2 Å². The SMILES string of the molecule is CCS(=O)(=O)c1nc(N2C3CCC2CN(C(=O)OC(C)(C)C)C3)c2c3c(c(-c4c(F)ccc5sc(NC(=O)OC(C)(C)C)c(C#N)c45)c(F)c2n1)COC3. The van der Waals surface area contributed by atoms with Crippen LogP contribution < -0.4 is 10.2 Å². The van der Waals surface area contributed by atoms with Crippen LogP contribution in [0.4, 0.5) is 29.2 Å². The highest BCUT2D eigenvalue weighted by Gasteiger charge is 2.45. The molecule has 3 aliphatic rings. The van der Waals surface area contributed by atoms with Gasteiger partial charge in [-0.1, -0.05) is 6.92 Å². The molecule has 2 aromatic heterocycles. The van der Waals surface area contributed by atoms with Gasteiger partial charge in [-0.05, 0) is 77.6 Å². The Bertz CT molecular complexity index is 2380. The summed E-state index contributed by atoms with van der Waals surface area (Å²) in [6, 6.07) is 4.05. The maximum atomic E-state index is 17.5. The zero-order valence-corrected chi connectivity index (χ0v) is 32.6. The summed E-state index contributed by atoms with van der Waals surface area (Å²) in [4.78, 5) is 38.3. The van der Waals surface area contributed by atoms with Gasteiger partial charge in [0, 0.05) is 46.4 Å². The molecule has 0 saturated carbocycles. The maximum Gasteiger partial charge on any atom is 0.412 e. The van der Waals surface area contributed by atoms with Gasteiger partial charge in [-0.25, -0.2) is 36.8 Å². The minimum Gasteiger partial charge on any atom is -0.444 e. The molecule has 2 amide bonds. The van der Waals surface area contributed by atoms with Gasteiger partial charge in [0.1, 0.15) is 39.4 Å². The Balaban J connectivity index is 1.44. The van der Waals surface area contributed by atoms with Crippen LogP contribution in [0.3, 0.4) is 0 Å². The van der Waals surface area contributed by atoms with Gasteiger partial charge in [0.2, 0.25) is 15.0 Å². The Morgan fingerprint density at radius 3 is 2.26 bits per heavy atom. The van der Waals surface area contributed by atoms with E-state index in [1.807, 2.05) is 11.0 Å². The van der Waals surface area contributed by atoms with Gasteiger partial charge in [-0.3, -0.25) is 5.32 Å². The molecule has 0 spiro atoms. The molecule has 3 aliphatic heterocycles. The Morgan fingerprint density at radius 1 is 1.00 bits per heavy atom. The van der Waals surface area contributed by atoms with E-state index in [0.717, 1.165) is 17.4 Å². The number of nitriles is 1. The second kappa shape index (κ2) is 13.3. The number of benzene rings is 2. The molecular weight excluding hydrogens is 743 g/mol. The van der Waals surface area contributed by atoms with Crippen molar-refractivity contribution in [3.63, 3.8) is 0 Å². The summed E-state index contributed by atoms with van der Waals surface area (Å²) in [5.74, 6) is -2.01. The summed E-state index contributed by atoms with van der Waals surface area (Å²) in [5.41, 5.74) is -1.68. The summed E-state index contributed by atoms with van der Waals surface area (Å²) >= 11 is 1.00. The van der Waals surface area contributed by atoms with E-state index < -0.39 is 50.0 Å². The van der Waals surface area contributed by atoms with Crippen LogP contribution in [0.5, 0.6) is 0 Å². The molecule has 0 aliphatic carbocycles. The quantitative estimate of drug-likeness (QED) is 0.200. The first-order valence-corrected chi connectivity index (χ1v) is 20.1. The van der Waals surface area contributed by atoms with E-state index in [1.165, 1.54) is 13.0 Å². The highest BCUT2D eigenvalue weighted by Crippen LogP contribution is 2.49. The van der Waals surface area contributed by atoms with Crippen LogP contribution in [0.2, 0.25) is 0 Å². The number of carbonyl (C=O) groups excluding carboxylic acids is 2. The lowest BCUT2D eigenvalue weighted by Gasteiger charge is -2.42. The highest BCUT2D eigenvalue weighted by molar-refractivity contribution is 7.91. The predicted molar refractivity (Wildman–Crippen MR) is 198 cm³/mol. The van der Waals surface area contributed by atoms with Crippen molar-refractivity contribution >= 4 is 65.2 Å². The van der Waals surface area contributed by atoms with Gasteiger partial charge in [0.05, 0.1) is 29.9 Å². The molecule has 5 heterocycles. The van der Waals surface area contributed by atoms with E-state index >= 15 is 8.78 Å². The number of halogens is 2. The van der Waals surface area contributed by atoms with Crippen molar-refractivity contribution in [1.29, 1.82) is 5.26 Å². The lowest BCUT2D eigenvalue weighted by Crippen LogP contribution is -2.56. The number of likely N-dealkylation sites (tertiary alicyclic amines) is 1. The molecule has 2 atom stereocenters. The van der Waals surface area contributed by atoms with E-state index in [-0.39, 0.29) is 87.9 Å². The number of piperazine rings is 1. The Kier molecular flexibility index (Phi) is 9.25. The number of hydrogen-bond donors (Lipinski definition) is 1. The maximum absolute atomic E-state index is 17.5. The lowest BCUT2D eigenvalue weighted by atomic mass is 9.90. The molecule has 13 nitrogen and oxygen atoms in total. The van der Waals surface area contributed by atoms with Crippen molar-refractivity contribution in [3.05, 3.63) is 40.5 Å². The summed E-state index contributed by atoms with van der Waals surface area (Å²) in [6.45, 7) is 12.2. The smallest absolute Gasteiger partial charge is 0.412 e. The van der Waals surface area contributed by atoms with Crippen LogP contribution in [0.15, 0.2) is 17.3 Å². The fourth-order valence-electron chi connectivity index (χ4n) is 7.43. The second-order valence-electron chi connectivity index (χ2n) is 15.6. The number of rotatable bonds is 5. The fourth-order valence-corrected chi connectivity index (χ4v) is 9.19. The molecule has 2 saturated heterocycles. The minimum atomic E-state index is -4.09. The van der Waals surface area contributed by atoms with Crippen molar-refractivity contribution in [2.75, 3.05) is 29.1 Å². The molecule has 2 aromatic carbocycles. The number of nitrogens with one attached hydrogen (secondary N) is 1. The number of amides is 2. The fraction of sp³-hybridized carbons (Fsp3) is 0.486. The van der Waals surface area contributed by atoms with Crippen LogP contribution in [0.25, 0.3) is 32.1 Å². The Labute approximate surface area is 315 Å². The highest BCUT2D eigenvalue weighted by atomic mass is 32.2. The third-order valence-corrected chi connectivity index (χ3v) is 12.1.